The highest BCUT2D eigenvalue weighted by Gasteiger charge is 2.13. The lowest BCUT2D eigenvalue weighted by Gasteiger charge is -2.21. The first kappa shape index (κ1) is 25.3. The van der Waals surface area contributed by atoms with Gasteiger partial charge in [0.05, 0.1) is 0 Å². The fraction of sp³-hybridized carbons (Fsp3) is 0.571. The third kappa shape index (κ3) is 8.95. The van der Waals surface area contributed by atoms with Crippen LogP contribution in [0.5, 0.6) is 11.5 Å². The first-order valence-corrected chi connectivity index (χ1v) is 12.5. The highest BCUT2D eigenvalue weighted by Crippen LogP contribution is 2.38. The summed E-state index contributed by atoms with van der Waals surface area (Å²) in [5, 5.41) is 20.6. The smallest absolute Gasteiger partial charge is 0.123 e. The van der Waals surface area contributed by atoms with Crippen LogP contribution in [0.25, 0.3) is 11.1 Å². The van der Waals surface area contributed by atoms with Crippen molar-refractivity contribution in [3.05, 3.63) is 48.0 Å². The Morgan fingerprint density at radius 3 is 1.87 bits per heavy atom. The van der Waals surface area contributed by atoms with Gasteiger partial charge in [0.25, 0.3) is 0 Å². The number of rotatable bonds is 16. The highest BCUT2D eigenvalue weighted by atomic mass is 16.3. The molecule has 2 aromatic carbocycles. The lowest BCUT2D eigenvalue weighted by molar-refractivity contribution is 0.259. The molecule has 2 aromatic rings. The standard InChI is InChI=1S/C28H43NO2/c1-3-5-21-29(22-6-4-2)23-14-10-8-7-9-11-16-24-17-15-20-27(31)28(24)25-18-12-13-19-26(25)30/h12-13,15,17-20,30-31H,3-11,14,16,21-23H2,1-2H3. The van der Waals surface area contributed by atoms with E-state index >= 15 is 0 Å². The van der Waals surface area contributed by atoms with Gasteiger partial charge in [-0.1, -0.05) is 82.7 Å². The maximum absolute atomic E-state index is 10.4. The van der Waals surface area contributed by atoms with Gasteiger partial charge in [0.1, 0.15) is 11.5 Å². The summed E-state index contributed by atoms with van der Waals surface area (Å²) < 4.78 is 0. The monoisotopic (exact) mass is 425 g/mol. The van der Waals surface area contributed by atoms with Crippen molar-refractivity contribution in [2.75, 3.05) is 19.6 Å². The van der Waals surface area contributed by atoms with Crippen molar-refractivity contribution in [1.82, 2.24) is 4.90 Å². The van der Waals surface area contributed by atoms with Gasteiger partial charge in [-0.15, -0.1) is 0 Å². The number of aryl methyl sites for hydroxylation is 1. The predicted molar refractivity (Wildman–Crippen MR) is 133 cm³/mol. The molecule has 0 aromatic heterocycles. The van der Waals surface area contributed by atoms with Crippen molar-refractivity contribution >= 4 is 0 Å². The minimum Gasteiger partial charge on any atom is -0.507 e. The summed E-state index contributed by atoms with van der Waals surface area (Å²) >= 11 is 0. The van der Waals surface area contributed by atoms with Crippen molar-refractivity contribution in [3.63, 3.8) is 0 Å². The highest BCUT2D eigenvalue weighted by molar-refractivity contribution is 5.78. The van der Waals surface area contributed by atoms with E-state index in [0.717, 1.165) is 24.0 Å². The van der Waals surface area contributed by atoms with E-state index in [-0.39, 0.29) is 11.5 Å². The number of phenolic OH excluding ortho intramolecular Hbond substituents is 2. The number of nitrogens with zero attached hydrogens (tertiary/aromatic N) is 1. The van der Waals surface area contributed by atoms with Crippen LogP contribution in [0.2, 0.25) is 0 Å². The lowest BCUT2D eigenvalue weighted by atomic mass is 9.94. The number of aromatic hydroxyl groups is 2. The molecule has 0 amide bonds. The number of hydrogen-bond acceptors (Lipinski definition) is 3. The molecule has 31 heavy (non-hydrogen) atoms. The second kappa shape index (κ2) is 14.9. The second-order valence-electron chi connectivity index (χ2n) is 8.75. The molecule has 0 unspecified atom stereocenters. The number of hydrogen-bond donors (Lipinski definition) is 2. The third-order valence-electron chi connectivity index (χ3n) is 6.13. The number of benzene rings is 2. The molecule has 2 rings (SSSR count). The van der Waals surface area contributed by atoms with Gasteiger partial charge in [-0.2, -0.15) is 0 Å². The van der Waals surface area contributed by atoms with Crippen LogP contribution in [-0.2, 0) is 6.42 Å². The molecule has 3 nitrogen and oxygen atoms in total. The molecule has 0 spiro atoms. The summed E-state index contributed by atoms with van der Waals surface area (Å²) in [5.74, 6) is 0.465. The number of phenols is 2. The molecule has 0 heterocycles. The summed E-state index contributed by atoms with van der Waals surface area (Å²) in [6, 6.07) is 12.9. The fourth-order valence-electron chi connectivity index (χ4n) is 4.25. The Balaban J connectivity index is 1.71. The Bertz CT molecular complexity index is 736. The first-order valence-electron chi connectivity index (χ1n) is 12.5. The Kier molecular flexibility index (Phi) is 12.2. The zero-order chi connectivity index (χ0) is 22.3. The molecule has 0 bridgehead atoms. The van der Waals surface area contributed by atoms with Crippen LogP contribution in [0, 0.1) is 0 Å². The molecule has 0 aliphatic heterocycles. The second-order valence-corrected chi connectivity index (χ2v) is 8.75. The van der Waals surface area contributed by atoms with Crippen molar-refractivity contribution in [2.45, 2.75) is 84.5 Å². The van der Waals surface area contributed by atoms with Gasteiger partial charge in [0.15, 0.2) is 0 Å². The Morgan fingerprint density at radius 2 is 1.19 bits per heavy atom. The van der Waals surface area contributed by atoms with Crippen molar-refractivity contribution in [1.29, 1.82) is 0 Å². The zero-order valence-electron chi connectivity index (χ0n) is 19.8. The van der Waals surface area contributed by atoms with Gasteiger partial charge in [0, 0.05) is 11.1 Å². The quantitative estimate of drug-likeness (QED) is 0.273. The van der Waals surface area contributed by atoms with Crippen molar-refractivity contribution < 1.29 is 10.2 Å². The van der Waals surface area contributed by atoms with Crippen LogP contribution in [0.4, 0.5) is 0 Å². The molecular weight excluding hydrogens is 382 g/mol. The van der Waals surface area contributed by atoms with Gasteiger partial charge < -0.3 is 15.1 Å². The van der Waals surface area contributed by atoms with E-state index < -0.39 is 0 Å². The molecule has 0 radical (unpaired) electrons. The summed E-state index contributed by atoms with van der Waals surface area (Å²) in [5.41, 5.74) is 2.61. The maximum Gasteiger partial charge on any atom is 0.123 e. The van der Waals surface area contributed by atoms with Crippen LogP contribution in [-0.4, -0.2) is 34.7 Å². The third-order valence-corrected chi connectivity index (χ3v) is 6.13. The minimum absolute atomic E-state index is 0.220. The number of para-hydroxylation sites is 1. The van der Waals surface area contributed by atoms with E-state index in [2.05, 4.69) is 24.8 Å². The molecule has 0 fully saturated rings. The number of unbranched alkanes of at least 4 members (excludes halogenated alkanes) is 7. The van der Waals surface area contributed by atoms with E-state index in [1.807, 2.05) is 24.3 Å². The van der Waals surface area contributed by atoms with Crippen LogP contribution < -0.4 is 0 Å². The Hall–Kier alpha value is -2.00. The average molecular weight is 426 g/mol. The summed E-state index contributed by atoms with van der Waals surface area (Å²) in [6.45, 7) is 8.34. The molecule has 0 aliphatic rings. The molecule has 3 heteroatoms. The first-order chi connectivity index (χ1) is 15.2. The van der Waals surface area contributed by atoms with Crippen LogP contribution in [0.15, 0.2) is 42.5 Å². The summed E-state index contributed by atoms with van der Waals surface area (Å²) in [4.78, 5) is 2.66. The average Bonchev–Trinajstić information content (AvgIpc) is 2.77. The van der Waals surface area contributed by atoms with Crippen molar-refractivity contribution in [2.24, 2.45) is 0 Å². The molecule has 0 saturated heterocycles. The normalized spacial score (nSPS) is 11.3. The Labute approximate surface area is 190 Å². The minimum atomic E-state index is 0.220. The van der Waals surface area contributed by atoms with Crippen LogP contribution in [0.3, 0.4) is 0 Å². The molecular formula is C28H43NO2. The zero-order valence-corrected chi connectivity index (χ0v) is 19.8. The van der Waals surface area contributed by atoms with Gasteiger partial charge in [-0.05, 0) is 69.4 Å². The van der Waals surface area contributed by atoms with Crippen LogP contribution in [0.1, 0.15) is 83.6 Å². The molecule has 2 N–H and O–H groups in total. The van der Waals surface area contributed by atoms with E-state index in [1.54, 1.807) is 12.1 Å². The van der Waals surface area contributed by atoms with Gasteiger partial charge in [-0.25, -0.2) is 0 Å². The van der Waals surface area contributed by atoms with Gasteiger partial charge in [0.2, 0.25) is 0 Å². The molecule has 172 valence electrons. The molecule has 0 saturated carbocycles. The lowest BCUT2D eigenvalue weighted by Crippen LogP contribution is -2.27. The topological polar surface area (TPSA) is 43.7 Å². The summed E-state index contributed by atoms with van der Waals surface area (Å²) in [7, 11) is 0. The maximum atomic E-state index is 10.4. The van der Waals surface area contributed by atoms with E-state index in [9.17, 15) is 10.2 Å². The Morgan fingerprint density at radius 1 is 0.613 bits per heavy atom. The molecule has 0 aliphatic carbocycles. The van der Waals surface area contributed by atoms with Gasteiger partial charge in [-0.3, -0.25) is 0 Å². The fourth-order valence-corrected chi connectivity index (χ4v) is 4.25. The summed E-state index contributed by atoms with van der Waals surface area (Å²) in [6.07, 6.45) is 13.7. The van der Waals surface area contributed by atoms with Crippen molar-refractivity contribution in [3.8, 4) is 22.6 Å². The predicted octanol–water partition coefficient (Wildman–Crippen LogP) is 7.55. The van der Waals surface area contributed by atoms with E-state index in [4.69, 9.17) is 0 Å². The van der Waals surface area contributed by atoms with E-state index in [1.165, 1.54) is 77.4 Å². The molecule has 0 atom stereocenters. The SMILES string of the molecule is CCCCN(CCCC)CCCCCCCCc1cccc(O)c1-c1ccccc1O. The largest absolute Gasteiger partial charge is 0.507 e. The van der Waals surface area contributed by atoms with Gasteiger partial charge >= 0.3 is 0 Å². The van der Waals surface area contributed by atoms with Crippen LogP contribution >= 0.6 is 0 Å². The van der Waals surface area contributed by atoms with E-state index in [0.29, 0.717) is 5.56 Å².